The normalized spacial score (nSPS) is 12.7. The number of thioether (sulfide) groups is 1. The molecule has 3 rings (SSSR count). The molecule has 1 atom stereocenters. The SMILES string of the molecule is Cc1ccc(C(N)CSc2nc3ccccc3s2)c(C)c1. The molecule has 2 N–H and O–H groups in total. The molecule has 0 fully saturated rings. The fourth-order valence-corrected chi connectivity index (χ4v) is 4.48. The molecule has 0 aliphatic heterocycles. The van der Waals surface area contributed by atoms with Crippen molar-refractivity contribution < 1.29 is 0 Å². The second-order valence-corrected chi connectivity index (χ2v) is 7.52. The summed E-state index contributed by atoms with van der Waals surface area (Å²) in [6, 6.07) is 14.8. The lowest BCUT2D eigenvalue weighted by Crippen LogP contribution is -2.14. The van der Waals surface area contributed by atoms with Crippen LogP contribution in [0.2, 0.25) is 0 Å². The minimum atomic E-state index is 0.0441. The van der Waals surface area contributed by atoms with Crippen molar-refractivity contribution in [1.29, 1.82) is 0 Å². The summed E-state index contributed by atoms with van der Waals surface area (Å²) >= 11 is 3.48. The van der Waals surface area contributed by atoms with Crippen molar-refractivity contribution in [2.24, 2.45) is 5.73 Å². The average molecular weight is 314 g/mol. The molecule has 0 amide bonds. The molecule has 1 heterocycles. The van der Waals surface area contributed by atoms with Crippen LogP contribution in [0.4, 0.5) is 0 Å². The predicted octanol–water partition coefficient (Wildman–Crippen LogP) is 4.71. The Morgan fingerprint density at radius 1 is 1.19 bits per heavy atom. The molecule has 1 unspecified atom stereocenters. The third-order valence-corrected chi connectivity index (χ3v) is 5.78. The number of benzene rings is 2. The number of para-hydroxylation sites is 1. The smallest absolute Gasteiger partial charge is 0.151 e. The van der Waals surface area contributed by atoms with Crippen molar-refractivity contribution in [3.05, 3.63) is 59.2 Å². The van der Waals surface area contributed by atoms with Gasteiger partial charge in [0.05, 0.1) is 10.2 Å². The zero-order valence-corrected chi connectivity index (χ0v) is 13.8. The zero-order valence-electron chi connectivity index (χ0n) is 12.2. The van der Waals surface area contributed by atoms with Crippen molar-refractivity contribution in [2.45, 2.75) is 24.2 Å². The van der Waals surface area contributed by atoms with Crippen LogP contribution in [0, 0.1) is 13.8 Å². The van der Waals surface area contributed by atoms with Crippen LogP contribution in [0.5, 0.6) is 0 Å². The first-order chi connectivity index (χ1) is 10.1. The number of hydrogen-bond acceptors (Lipinski definition) is 4. The average Bonchev–Trinajstić information content (AvgIpc) is 2.87. The molecule has 0 bridgehead atoms. The first-order valence-corrected chi connectivity index (χ1v) is 8.75. The summed E-state index contributed by atoms with van der Waals surface area (Å²) in [4.78, 5) is 4.64. The van der Waals surface area contributed by atoms with Gasteiger partial charge in [-0.25, -0.2) is 4.98 Å². The van der Waals surface area contributed by atoms with Crippen LogP contribution in [-0.4, -0.2) is 10.7 Å². The van der Waals surface area contributed by atoms with Gasteiger partial charge >= 0.3 is 0 Å². The van der Waals surface area contributed by atoms with Crippen LogP contribution in [-0.2, 0) is 0 Å². The highest BCUT2D eigenvalue weighted by atomic mass is 32.2. The summed E-state index contributed by atoms with van der Waals surface area (Å²) in [5, 5.41) is 0. The Balaban J connectivity index is 1.71. The highest BCUT2D eigenvalue weighted by Crippen LogP contribution is 2.31. The largest absolute Gasteiger partial charge is 0.323 e. The first kappa shape index (κ1) is 14.6. The van der Waals surface area contributed by atoms with E-state index in [9.17, 15) is 0 Å². The zero-order chi connectivity index (χ0) is 14.8. The molecule has 4 heteroatoms. The summed E-state index contributed by atoms with van der Waals surface area (Å²) in [6.45, 7) is 4.24. The molecule has 0 aliphatic rings. The molecule has 0 saturated carbocycles. The van der Waals surface area contributed by atoms with Gasteiger partial charge in [0.15, 0.2) is 4.34 Å². The molecule has 2 aromatic carbocycles. The monoisotopic (exact) mass is 314 g/mol. The number of rotatable bonds is 4. The summed E-state index contributed by atoms with van der Waals surface area (Å²) in [5.74, 6) is 0.851. The molecule has 108 valence electrons. The van der Waals surface area contributed by atoms with Gasteiger partial charge in [0, 0.05) is 11.8 Å². The lowest BCUT2D eigenvalue weighted by atomic mass is 10.0. The van der Waals surface area contributed by atoms with Crippen LogP contribution in [0.1, 0.15) is 22.7 Å². The van der Waals surface area contributed by atoms with Gasteiger partial charge in [-0.1, -0.05) is 47.7 Å². The van der Waals surface area contributed by atoms with E-state index in [0.29, 0.717) is 0 Å². The van der Waals surface area contributed by atoms with E-state index >= 15 is 0 Å². The Bertz CT molecular complexity index is 731. The van der Waals surface area contributed by atoms with Crippen LogP contribution < -0.4 is 5.73 Å². The summed E-state index contributed by atoms with van der Waals surface area (Å²) in [5.41, 5.74) is 11.2. The quantitative estimate of drug-likeness (QED) is 0.709. The van der Waals surface area contributed by atoms with E-state index in [2.05, 4.69) is 55.2 Å². The van der Waals surface area contributed by atoms with E-state index in [1.165, 1.54) is 21.4 Å². The maximum atomic E-state index is 6.34. The molecule has 0 spiro atoms. The van der Waals surface area contributed by atoms with Crippen molar-refractivity contribution in [3.63, 3.8) is 0 Å². The minimum absolute atomic E-state index is 0.0441. The number of nitrogens with zero attached hydrogens (tertiary/aromatic N) is 1. The van der Waals surface area contributed by atoms with Crippen molar-refractivity contribution >= 4 is 33.3 Å². The fraction of sp³-hybridized carbons (Fsp3) is 0.235. The first-order valence-electron chi connectivity index (χ1n) is 6.94. The number of hydrogen-bond donors (Lipinski definition) is 1. The van der Waals surface area contributed by atoms with Gasteiger partial charge in [0.1, 0.15) is 0 Å². The second-order valence-electron chi connectivity index (χ2n) is 5.23. The Kier molecular flexibility index (Phi) is 4.29. The molecule has 2 nitrogen and oxygen atoms in total. The molecule has 1 aromatic heterocycles. The van der Waals surface area contributed by atoms with Crippen LogP contribution in [0.25, 0.3) is 10.2 Å². The Morgan fingerprint density at radius 3 is 2.76 bits per heavy atom. The van der Waals surface area contributed by atoms with E-state index in [1.54, 1.807) is 23.1 Å². The summed E-state index contributed by atoms with van der Waals surface area (Å²) in [7, 11) is 0. The van der Waals surface area contributed by atoms with Gasteiger partial charge in [0.2, 0.25) is 0 Å². The second kappa shape index (κ2) is 6.18. The van der Waals surface area contributed by atoms with Gasteiger partial charge in [-0.3, -0.25) is 0 Å². The third-order valence-electron chi connectivity index (χ3n) is 3.49. The van der Waals surface area contributed by atoms with E-state index in [4.69, 9.17) is 5.73 Å². The van der Waals surface area contributed by atoms with Crippen LogP contribution in [0.3, 0.4) is 0 Å². The van der Waals surface area contributed by atoms with E-state index in [-0.39, 0.29) is 6.04 Å². The Hall–Kier alpha value is -1.36. The van der Waals surface area contributed by atoms with Gasteiger partial charge in [0.25, 0.3) is 0 Å². The molecule has 0 saturated heterocycles. The van der Waals surface area contributed by atoms with Crippen molar-refractivity contribution in [3.8, 4) is 0 Å². The minimum Gasteiger partial charge on any atom is -0.323 e. The number of thiazole rings is 1. The number of nitrogens with two attached hydrogens (primary N) is 1. The topological polar surface area (TPSA) is 38.9 Å². The number of fused-ring (bicyclic) bond motifs is 1. The maximum absolute atomic E-state index is 6.34. The van der Waals surface area contributed by atoms with Crippen molar-refractivity contribution in [1.82, 2.24) is 4.98 Å². The summed E-state index contributed by atoms with van der Waals surface area (Å²) < 4.78 is 2.33. The molecular formula is C17H18N2S2. The highest BCUT2D eigenvalue weighted by molar-refractivity contribution is 8.01. The molecule has 0 aliphatic carbocycles. The molecule has 0 radical (unpaired) electrons. The van der Waals surface area contributed by atoms with Crippen LogP contribution in [0.15, 0.2) is 46.8 Å². The lowest BCUT2D eigenvalue weighted by molar-refractivity contribution is 0.822. The Labute approximate surface area is 133 Å². The highest BCUT2D eigenvalue weighted by Gasteiger charge is 2.11. The summed E-state index contributed by atoms with van der Waals surface area (Å²) in [6.07, 6.45) is 0. The fourth-order valence-electron chi connectivity index (χ4n) is 2.41. The molecule has 21 heavy (non-hydrogen) atoms. The van der Waals surface area contributed by atoms with Crippen molar-refractivity contribution in [2.75, 3.05) is 5.75 Å². The standard InChI is InChI=1S/C17H18N2S2/c1-11-7-8-13(12(2)9-11)14(18)10-20-17-19-15-5-3-4-6-16(15)21-17/h3-9,14H,10,18H2,1-2H3. The van der Waals surface area contributed by atoms with Gasteiger partial charge < -0.3 is 5.73 Å². The van der Waals surface area contributed by atoms with E-state index in [1.807, 2.05) is 6.07 Å². The van der Waals surface area contributed by atoms with Crippen LogP contribution >= 0.6 is 23.1 Å². The van der Waals surface area contributed by atoms with E-state index in [0.717, 1.165) is 15.6 Å². The number of aryl methyl sites for hydroxylation is 2. The molecule has 3 aromatic rings. The van der Waals surface area contributed by atoms with E-state index < -0.39 is 0 Å². The lowest BCUT2D eigenvalue weighted by Gasteiger charge is -2.14. The van der Waals surface area contributed by atoms with Gasteiger partial charge in [-0.2, -0.15) is 0 Å². The maximum Gasteiger partial charge on any atom is 0.151 e. The Morgan fingerprint density at radius 2 is 2.00 bits per heavy atom. The predicted molar refractivity (Wildman–Crippen MR) is 93.2 cm³/mol. The third kappa shape index (κ3) is 3.28. The van der Waals surface area contributed by atoms with Gasteiger partial charge in [-0.15, -0.1) is 11.3 Å². The van der Waals surface area contributed by atoms with Gasteiger partial charge in [-0.05, 0) is 37.1 Å². The molecular weight excluding hydrogens is 296 g/mol. The number of aromatic nitrogens is 1.